The second-order valence-corrected chi connectivity index (χ2v) is 11.2. The summed E-state index contributed by atoms with van der Waals surface area (Å²) in [7, 11) is 0. The Hall–Kier alpha value is -3.40. The summed E-state index contributed by atoms with van der Waals surface area (Å²) in [5.74, 6) is 2.29. The highest BCUT2D eigenvalue weighted by Crippen LogP contribution is 2.47. The first kappa shape index (κ1) is 24.0. The van der Waals surface area contributed by atoms with Crippen LogP contribution in [0.2, 0.25) is 0 Å². The van der Waals surface area contributed by atoms with Gasteiger partial charge in [0.1, 0.15) is 11.8 Å². The van der Waals surface area contributed by atoms with E-state index in [4.69, 9.17) is 4.98 Å². The van der Waals surface area contributed by atoms with Crippen LogP contribution in [0.1, 0.15) is 69.0 Å². The monoisotopic (exact) mass is 514 g/mol. The molecular formula is C27H30N8OS. The highest BCUT2D eigenvalue weighted by atomic mass is 32.2. The fourth-order valence-corrected chi connectivity index (χ4v) is 5.54. The van der Waals surface area contributed by atoms with Crippen molar-refractivity contribution in [1.29, 1.82) is 0 Å². The highest BCUT2D eigenvalue weighted by molar-refractivity contribution is 7.99. The van der Waals surface area contributed by atoms with Gasteiger partial charge in [0.2, 0.25) is 0 Å². The Bertz CT molecular complexity index is 1530. The zero-order chi connectivity index (χ0) is 25.6. The third-order valence-corrected chi connectivity index (χ3v) is 8.22. The first-order valence-electron chi connectivity index (χ1n) is 13.0. The van der Waals surface area contributed by atoms with E-state index in [2.05, 4.69) is 50.2 Å². The van der Waals surface area contributed by atoms with E-state index in [-0.39, 0.29) is 11.1 Å². The number of fused-ring (bicyclic) bond motifs is 1. The Morgan fingerprint density at radius 2 is 1.92 bits per heavy atom. The molecule has 190 valence electrons. The second-order valence-electron chi connectivity index (χ2n) is 9.85. The van der Waals surface area contributed by atoms with Gasteiger partial charge in [0, 0.05) is 22.5 Å². The first-order valence-corrected chi connectivity index (χ1v) is 14.0. The molecule has 37 heavy (non-hydrogen) atoms. The number of aromatic nitrogens is 7. The molecule has 0 amide bonds. The SMILES string of the molecule is CCSc1ccc(CNc2nc3cnc(-c4c(C)ncnc4C4CC4)nc3n(C3(CC)CC3)c2=O)nc1. The molecule has 0 saturated heterocycles. The standard InChI is InChI=1S/C27H30N8OS/c1-4-27(10-11-27)35-25-20(14-30-23(34-25)21-16(3)31-15-32-22(21)17-6-7-17)33-24(26(35)36)29-12-18-8-9-19(13-28-18)37-5-2/h8-9,13-15,17H,4-7,10-12H2,1-3H3,(H,29,33). The van der Waals surface area contributed by atoms with E-state index in [1.54, 1.807) is 24.3 Å². The number of hydrogen-bond acceptors (Lipinski definition) is 9. The number of rotatable bonds is 9. The van der Waals surface area contributed by atoms with Crippen molar-refractivity contribution >= 4 is 28.7 Å². The summed E-state index contributed by atoms with van der Waals surface area (Å²) < 4.78 is 1.85. The molecule has 4 aromatic heterocycles. The summed E-state index contributed by atoms with van der Waals surface area (Å²) in [5.41, 5.74) is 4.36. The van der Waals surface area contributed by atoms with Crippen LogP contribution in [0.25, 0.3) is 22.6 Å². The van der Waals surface area contributed by atoms with Crippen molar-refractivity contribution in [2.45, 2.75) is 75.8 Å². The van der Waals surface area contributed by atoms with Crippen LogP contribution in [0.5, 0.6) is 0 Å². The molecule has 6 rings (SSSR count). The maximum atomic E-state index is 13.8. The Kier molecular flexibility index (Phi) is 6.14. The molecule has 0 unspecified atom stereocenters. The molecule has 0 spiro atoms. The zero-order valence-electron chi connectivity index (χ0n) is 21.4. The quantitative estimate of drug-likeness (QED) is 0.313. The third kappa shape index (κ3) is 4.47. The van der Waals surface area contributed by atoms with E-state index < -0.39 is 0 Å². The number of pyridine rings is 1. The lowest BCUT2D eigenvalue weighted by Gasteiger charge is -2.20. The molecule has 4 aromatic rings. The lowest BCUT2D eigenvalue weighted by atomic mass is 10.1. The van der Waals surface area contributed by atoms with Crippen molar-refractivity contribution in [3.8, 4) is 11.4 Å². The Balaban J connectivity index is 1.41. The van der Waals surface area contributed by atoms with Gasteiger partial charge in [0.25, 0.3) is 5.56 Å². The van der Waals surface area contributed by atoms with Crippen LogP contribution in [0.4, 0.5) is 5.82 Å². The largest absolute Gasteiger partial charge is 0.360 e. The van der Waals surface area contributed by atoms with Crippen molar-refractivity contribution in [2.75, 3.05) is 11.1 Å². The highest BCUT2D eigenvalue weighted by Gasteiger charge is 2.45. The van der Waals surface area contributed by atoms with Gasteiger partial charge in [-0.05, 0) is 56.9 Å². The Morgan fingerprint density at radius 3 is 2.59 bits per heavy atom. The minimum Gasteiger partial charge on any atom is -0.360 e. The zero-order valence-corrected chi connectivity index (χ0v) is 22.2. The van der Waals surface area contributed by atoms with E-state index in [9.17, 15) is 4.79 Å². The number of nitrogens with one attached hydrogen (secondary N) is 1. The molecule has 2 fully saturated rings. The van der Waals surface area contributed by atoms with Gasteiger partial charge in [-0.1, -0.05) is 13.8 Å². The van der Waals surface area contributed by atoms with Gasteiger partial charge < -0.3 is 5.32 Å². The van der Waals surface area contributed by atoms with Crippen LogP contribution < -0.4 is 10.9 Å². The molecule has 0 atom stereocenters. The molecule has 4 heterocycles. The molecular weight excluding hydrogens is 484 g/mol. The van der Waals surface area contributed by atoms with Crippen molar-refractivity contribution < 1.29 is 0 Å². The molecule has 2 aliphatic carbocycles. The molecule has 0 aromatic carbocycles. The minimum absolute atomic E-state index is 0.155. The summed E-state index contributed by atoms with van der Waals surface area (Å²) in [6, 6.07) is 4.04. The van der Waals surface area contributed by atoms with Crippen LogP contribution in [0.15, 0.2) is 40.5 Å². The molecule has 2 aliphatic rings. The van der Waals surface area contributed by atoms with Gasteiger partial charge in [-0.25, -0.2) is 24.9 Å². The van der Waals surface area contributed by atoms with Crippen molar-refractivity contribution in [1.82, 2.24) is 34.5 Å². The average Bonchev–Trinajstić information content (AvgIpc) is 3.83. The molecule has 2 saturated carbocycles. The van der Waals surface area contributed by atoms with Gasteiger partial charge in [0.05, 0.1) is 35.4 Å². The third-order valence-electron chi connectivity index (χ3n) is 7.36. The average molecular weight is 515 g/mol. The summed E-state index contributed by atoms with van der Waals surface area (Å²) >= 11 is 1.75. The Morgan fingerprint density at radius 1 is 1.08 bits per heavy atom. The first-order chi connectivity index (χ1) is 18.0. The van der Waals surface area contributed by atoms with Crippen LogP contribution in [0, 0.1) is 6.92 Å². The molecule has 10 heteroatoms. The van der Waals surface area contributed by atoms with E-state index >= 15 is 0 Å². The van der Waals surface area contributed by atoms with Crippen molar-refractivity contribution in [3.63, 3.8) is 0 Å². The number of hydrogen-bond donors (Lipinski definition) is 1. The van der Waals surface area contributed by atoms with Gasteiger partial charge in [-0.15, -0.1) is 11.8 Å². The van der Waals surface area contributed by atoms with Crippen LogP contribution >= 0.6 is 11.8 Å². The van der Waals surface area contributed by atoms with Crippen molar-refractivity contribution in [2.24, 2.45) is 0 Å². The van der Waals surface area contributed by atoms with Gasteiger partial charge in [0.15, 0.2) is 17.3 Å². The summed E-state index contributed by atoms with van der Waals surface area (Å²) in [4.78, 5) is 42.8. The fourth-order valence-electron chi connectivity index (χ4n) is 4.91. The van der Waals surface area contributed by atoms with Crippen molar-refractivity contribution in [3.05, 3.63) is 58.3 Å². The smallest absolute Gasteiger partial charge is 0.295 e. The van der Waals surface area contributed by atoms with Gasteiger partial charge >= 0.3 is 0 Å². The summed E-state index contributed by atoms with van der Waals surface area (Å²) in [6.07, 6.45) is 10.2. The second kappa shape index (κ2) is 9.48. The van der Waals surface area contributed by atoms with E-state index in [0.717, 1.165) is 65.4 Å². The maximum absolute atomic E-state index is 13.8. The topological polar surface area (TPSA) is 111 Å². The molecule has 0 bridgehead atoms. The number of aryl methyl sites for hydroxylation is 1. The van der Waals surface area contributed by atoms with E-state index in [1.165, 1.54) is 0 Å². The molecule has 1 N–H and O–H groups in total. The van der Waals surface area contributed by atoms with Crippen LogP contribution in [0.3, 0.4) is 0 Å². The predicted molar refractivity (Wildman–Crippen MR) is 145 cm³/mol. The van der Waals surface area contributed by atoms with Gasteiger partial charge in [-0.2, -0.15) is 0 Å². The van der Waals surface area contributed by atoms with E-state index in [0.29, 0.717) is 35.3 Å². The lowest BCUT2D eigenvalue weighted by Crippen LogP contribution is -2.33. The minimum atomic E-state index is -0.237. The predicted octanol–water partition coefficient (Wildman–Crippen LogP) is 4.85. The van der Waals surface area contributed by atoms with Gasteiger partial charge in [-0.3, -0.25) is 14.3 Å². The summed E-state index contributed by atoms with van der Waals surface area (Å²) in [6.45, 7) is 6.62. The molecule has 0 radical (unpaired) electrons. The normalized spacial score (nSPS) is 16.2. The summed E-state index contributed by atoms with van der Waals surface area (Å²) in [5, 5.41) is 3.24. The van der Waals surface area contributed by atoms with Crippen LogP contribution in [-0.4, -0.2) is 40.2 Å². The van der Waals surface area contributed by atoms with E-state index in [1.807, 2.05) is 23.8 Å². The molecule has 9 nitrogen and oxygen atoms in total. The van der Waals surface area contributed by atoms with Crippen LogP contribution in [-0.2, 0) is 12.1 Å². The number of anilines is 1. The maximum Gasteiger partial charge on any atom is 0.295 e. The molecule has 0 aliphatic heterocycles. The fraction of sp³-hybridized carbons (Fsp3) is 0.444. The number of nitrogens with zero attached hydrogens (tertiary/aromatic N) is 7. The number of thioether (sulfide) groups is 1. The Labute approximate surface area is 219 Å². The lowest BCUT2D eigenvalue weighted by molar-refractivity contribution is 0.462.